The minimum absolute atomic E-state index is 0.0170. The van der Waals surface area contributed by atoms with E-state index >= 15 is 0 Å². The normalized spacial score (nSPS) is 17.0. The van der Waals surface area contributed by atoms with Crippen molar-refractivity contribution in [2.45, 2.75) is 17.9 Å². The smallest absolute Gasteiger partial charge is 0.340 e. The van der Waals surface area contributed by atoms with Crippen LogP contribution in [0.1, 0.15) is 18.5 Å². The molecule has 2 aromatic rings. The fourth-order valence-corrected chi connectivity index (χ4v) is 3.59. The molecule has 3 N–H and O–H groups in total. The second kappa shape index (κ2) is 7.64. The number of rotatable bonds is 5. The Hall–Kier alpha value is -3.24. The molecule has 1 amide bonds. The van der Waals surface area contributed by atoms with Gasteiger partial charge < -0.3 is 9.84 Å². The molecular weight excluding hydrogens is 403 g/mol. The number of esters is 1. The van der Waals surface area contributed by atoms with Crippen LogP contribution in [0, 0.1) is 5.82 Å². The zero-order chi connectivity index (χ0) is 21.3. The molecule has 0 bridgehead atoms. The topological polar surface area (TPSA) is 127 Å². The number of aliphatic hydroxyl groups is 1. The molecule has 1 aliphatic heterocycles. The van der Waals surface area contributed by atoms with Crippen molar-refractivity contribution in [2.24, 2.45) is 5.14 Å². The largest absolute Gasteiger partial charge is 0.503 e. The summed E-state index contributed by atoms with van der Waals surface area (Å²) < 4.78 is 42.4. The first-order valence-electron chi connectivity index (χ1n) is 8.48. The minimum Gasteiger partial charge on any atom is -0.503 e. The van der Waals surface area contributed by atoms with Gasteiger partial charge in [0.1, 0.15) is 17.4 Å². The van der Waals surface area contributed by atoms with E-state index in [0.29, 0.717) is 0 Å². The Labute approximate surface area is 166 Å². The summed E-state index contributed by atoms with van der Waals surface area (Å²) in [5.41, 5.74) is -0.317. The number of anilines is 1. The Kier molecular flexibility index (Phi) is 5.40. The number of hydrogen-bond donors (Lipinski definition) is 2. The predicted octanol–water partition coefficient (Wildman–Crippen LogP) is 1.94. The summed E-state index contributed by atoms with van der Waals surface area (Å²) in [5.74, 6) is -3.49. The van der Waals surface area contributed by atoms with Gasteiger partial charge in [0.05, 0.1) is 11.5 Å². The van der Waals surface area contributed by atoms with Crippen LogP contribution < -0.4 is 10.0 Å². The van der Waals surface area contributed by atoms with Crippen LogP contribution in [0.2, 0.25) is 0 Å². The molecular formula is C19H17FN2O6S. The standard InChI is InChI=1S/C19H17FN2O6S/c1-2-28-19(25)15-16(13-5-3-4-6-14(13)20)22(18(24)17(15)23)11-7-9-12(10-8-11)29(21,26)27/h3-10,16,23H,2H2,1H3,(H2,21,26,27). The maximum atomic E-state index is 14.5. The molecule has 152 valence electrons. The van der Waals surface area contributed by atoms with Crippen molar-refractivity contribution < 1.29 is 32.2 Å². The number of primary sulfonamides is 1. The van der Waals surface area contributed by atoms with E-state index in [-0.39, 0.29) is 22.8 Å². The van der Waals surface area contributed by atoms with Crippen LogP contribution in [-0.4, -0.2) is 32.0 Å². The lowest BCUT2D eigenvalue weighted by Gasteiger charge is -2.27. The summed E-state index contributed by atoms with van der Waals surface area (Å²) in [6.45, 7) is 1.53. The molecule has 2 aromatic carbocycles. The molecule has 0 spiro atoms. The number of halogens is 1. The molecule has 1 heterocycles. The lowest BCUT2D eigenvalue weighted by Crippen LogP contribution is -2.31. The highest BCUT2D eigenvalue weighted by Crippen LogP contribution is 2.41. The fraction of sp³-hybridized carbons (Fsp3) is 0.158. The Morgan fingerprint density at radius 3 is 2.38 bits per heavy atom. The highest BCUT2D eigenvalue weighted by Gasteiger charge is 2.46. The Morgan fingerprint density at radius 2 is 1.83 bits per heavy atom. The summed E-state index contributed by atoms with van der Waals surface area (Å²) in [4.78, 5) is 26.0. The monoisotopic (exact) mass is 420 g/mol. The van der Waals surface area contributed by atoms with Gasteiger partial charge in [-0.15, -0.1) is 0 Å². The van der Waals surface area contributed by atoms with E-state index in [9.17, 15) is 27.5 Å². The first-order valence-corrected chi connectivity index (χ1v) is 10.0. The van der Waals surface area contributed by atoms with E-state index in [0.717, 1.165) is 23.1 Å². The molecule has 10 heteroatoms. The van der Waals surface area contributed by atoms with Gasteiger partial charge in [-0.2, -0.15) is 0 Å². The van der Waals surface area contributed by atoms with Crippen LogP contribution in [0.5, 0.6) is 0 Å². The second-order valence-electron chi connectivity index (χ2n) is 6.12. The Morgan fingerprint density at radius 1 is 1.21 bits per heavy atom. The predicted molar refractivity (Wildman–Crippen MR) is 101 cm³/mol. The van der Waals surface area contributed by atoms with Crippen LogP contribution >= 0.6 is 0 Å². The molecule has 1 unspecified atom stereocenters. The van der Waals surface area contributed by atoms with Crippen molar-refractivity contribution in [1.82, 2.24) is 0 Å². The SMILES string of the molecule is CCOC(=O)C1=C(O)C(=O)N(c2ccc(S(N)(=O)=O)cc2)C1c1ccccc1F. The number of carbonyl (C=O) groups excluding carboxylic acids is 2. The molecule has 1 aliphatic rings. The van der Waals surface area contributed by atoms with Gasteiger partial charge in [-0.1, -0.05) is 18.2 Å². The van der Waals surface area contributed by atoms with Crippen molar-refractivity contribution in [3.8, 4) is 0 Å². The molecule has 1 atom stereocenters. The van der Waals surface area contributed by atoms with Crippen LogP contribution in [0.15, 0.2) is 64.8 Å². The van der Waals surface area contributed by atoms with Gasteiger partial charge in [0.25, 0.3) is 5.91 Å². The molecule has 0 aliphatic carbocycles. The van der Waals surface area contributed by atoms with Crippen molar-refractivity contribution in [3.05, 3.63) is 71.2 Å². The van der Waals surface area contributed by atoms with Crippen molar-refractivity contribution in [2.75, 3.05) is 11.5 Å². The number of ether oxygens (including phenoxy) is 1. The van der Waals surface area contributed by atoms with Crippen LogP contribution in [0.3, 0.4) is 0 Å². The van der Waals surface area contributed by atoms with Crippen molar-refractivity contribution in [1.29, 1.82) is 0 Å². The average molecular weight is 420 g/mol. The van der Waals surface area contributed by atoms with E-state index in [1.54, 1.807) is 6.92 Å². The number of benzene rings is 2. The molecule has 0 fully saturated rings. The molecule has 0 saturated carbocycles. The third-order valence-electron chi connectivity index (χ3n) is 4.35. The molecule has 0 saturated heterocycles. The number of amides is 1. The molecule has 0 radical (unpaired) electrons. The van der Waals surface area contributed by atoms with Gasteiger partial charge in [-0.05, 0) is 37.3 Å². The number of nitrogens with zero attached hydrogens (tertiary/aromatic N) is 1. The van der Waals surface area contributed by atoms with Gasteiger partial charge in [0, 0.05) is 11.3 Å². The molecule has 0 aromatic heterocycles. The first kappa shape index (κ1) is 20.5. The van der Waals surface area contributed by atoms with Crippen molar-refractivity contribution >= 4 is 27.6 Å². The zero-order valence-corrected chi connectivity index (χ0v) is 16.0. The van der Waals surface area contributed by atoms with E-state index in [4.69, 9.17) is 9.88 Å². The summed E-state index contributed by atoms with van der Waals surface area (Å²) in [7, 11) is -3.97. The van der Waals surface area contributed by atoms with Crippen LogP contribution in [0.25, 0.3) is 0 Å². The summed E-state index contributed by atoms with van der Waals surface area (Å²) >= 11 is 0. The lowest BCUT2D eigenvalue weighted by atomic mass is 9.98. The number of carbonyl (C=O) groups is 2. The summed E-state index contributed by atoms with van der Waals surface area (Å²) in [6, 6.07) is 9.04. The number of hydrogen-bond acceptors (Lipinski definition) is 6. The third kappa shape index (κ3) is 3.71. The zero-order valence-electron chi connectivity index (χ0n) is 15.2. The highest BCUT2D eigenvalue weighted by molar-refractivity contribution is 7.89. The summed E-state index contributed by atoms with van der Waals surface area (Å²) in [6.07, 6.45) is 0. The highest BCUT2D eigenvalue weighted by atomic mass is 32.2. The maximum Gasteiger partial charge on any atom is 0.340 e. The van der Waals surface area contributed by atoms with Gasteiger partial charge in [0.2, 0.25) is 10.0 Å². The van der Waals surface area contributed by atoms with E-state index in [1.807, 2.05) is 0 Å². The molecule has 3 rings (SSSR count). The number of aliphatic hydroxyl groups excluding tert-OH is 1. The lowest BCUT2D eigenvalue weighted by molar-refractivity contribution is -0.139. The molecule has 29 heavy (non-hydrogen) atoms. The Balaban J connectivity index is 2.16. The first-order chi connectivity index (χ1) is 13.7. The van der Waals surface area contributed by atoms with Crippen LogP contribution in [0.4, 0.5) is 10.1 Å². The van der Waals surface area contributed by atoms with E-state index < -0.39 is 45.1 Å². The van der Waals surface area contributed by atoms with Gasteiger partial charge in [-0.3, -0.25) is 9.69 Å². The number of sulfonamides is 1. The van der Waals surface area contributed by atoms with Gasteiger partial charge in [-0.25, -0.2) is 22.7 Å². The van der Waals surface area contributed by atoms with Crippen LogP contribution in [-0.2, 0) is 24.3 Å². The minimum atomic E-state index is -3.97. The quantitative estimate of drug-likeness (QED) is 0.712. The van der Waals surface area contributed by atoms with Gasteiger partial charge >= 0.3 is 5.97 Å². The average Bonchev–Trinajstić information content (AvgIpc) is 2.93. The van der Waals surface area contributed by atoms with Gasteiger partial charge in [0.15, 0.2) is 5.76 Å². The number of nitrogens with two attached hydrogens (primary N) is 1. The second-order valence-corrected chi connectivity index (χ2v) is 7.68. The third-order valence-corrected chi connectivity index (χ3v) is 5.28. The van der Waals surface area contributed by atoms with E-state index in [2.05, 4.69) is 0 Å². The molecule has 8 nitrogen and oxygen atoms in total. The summed E-state index contributed by atoms with van der Waals surface area (Å²) in [5, 5.41) is 15.4. The van der Waals surface area contributed by atoms with Crippen molar-refractivity contribution in [3.63, 3.8) is 0 Å². The maximum absolute atomic E-state index is 14.5. The van der Waals surface area contributed by atoms with E-state index in [1.165, 1.54) is 30.3 Å². The fourth-order valence-electron chi connectivity index (χ4n) is 3.08. The Bertz CT molecular complexity index is 1110.